The van der Waals surface area contributed by atoms with Crippen molar-refractivity contribution >= 4 is 0 Å². The zero-order valence-electron chi connectivity index (χ0n) is 16.0. The van der Waals surface area contributed by atoms with Crippen molar-refractivity contribution in [1.82, 2.24) is 0 Å². The lowest BCUT2D eigenvalue weighted by Crippen LogP contribution is -2.08. The van der Waals surface area contributed by atoms with Crippen LogP contribution >= 0.6 is 0 Å². The Balaban J connectivity index is 1.92. The van der Waals surface area contributed by atoms with E-state index in [-0.39, 0.29) is 30.8 Å². The lowest BCUT2D eigenvalue weighted by molar-refractivity contribution is 0.199. The van der Waals surface area contributed by atoms with Crippen molar-refractivity contribution in [3.63, 3.8) is 0 Å². The summed E-state index contributed by atoms with van der Waals surface area (Å²) in [7, 11) is 0. The van der Waals surface area contributed by atoms with Crippen LogP contribution in [0.15, 0.2) is 42.5 Å². The minimum Gasteiger partial charge on any atom is -0.494 e. The first-order chi connectivity index (χ1) is 13.0. The molecule has 27 heavy (non-hydrogen) atoms. The van der Waals surface area contributed by atoms with Crippen LogP contribution in [0, 0.1) is 17.7 Å². The first-order valence-electron chi connectivity index (χ1n) is 9.40. The van der Waals surface area contributed by atoms with Crippen LogP contribution in [0.25, 0.3) is 11.1 Å². The molecule has 2 atom stereocenters. The van der Waals surface area contributed by atoms with Crippen LogP contribution in [-0.2, 0) is 0 Å². The average molecular weight is 376 g/mol. The highest BCUT2D eigenvalue weighted by molar-refractivity contribution is 5.65. The zero-order valence-corrected chi connectivity index (χ0v) is 16.0. The van der Waals surface area contributed by atoms with Crippen LogP contribution in [0.4, 0.5) is 4.39 Å². The molecule has 2 aromatic carbocycles. The van der Waals surface area contributed by atoms with E-state index in [1.807, 2.05) is 44.2 Å². The van der Waals surface area contributed by atoms with Gasteiger partial charge in [0, 0.05) is 13.2 Å². The van der Waals surface area contributed by atoms with Crippen molar-refractivity contribution in [2.24, 2.45) is 11.8 Å². The number of benzene rings is 2. The second kappa shape index (κ2) is 10.9. The Labute approximate surface area is 160 Å². The van der Waals surface area contributed by atoms with Crippen LogP contribution < -0.4 is 9.47 Å². The predicted molar refractivity (Wildman–Crippen MR) is 105 cm³/mol. The molecule has 0 amide bonds. The van der Waals surface area contributed by atoms with Gasteiger partial charge in [-0.15, -0.1) is 0 Å². The summed E-state index contributed by atoms with van der Waals surface area (Å²) in [6, 6.07) is 12.4. The van der Waals surface area contributed by atoms with E-state index in [2.05, 4.69) is 0 Å². The molecule has 0 aliphatic rings. The van der Waals surface area contributed by atoms with E-state index < -0.39 is 5.82 Å². The molecule has 0 radical (unpaired) electrons. The molecule has 4 nitrogen and oxygen atoms in total. The van der Waals surface area contributed by atoms with Gasteiger partial charge in [-0.2, -0.15) is 0 Å². The van der Waals surface area contributed by atoms with Crippen LogP contribution in [0.2, 0.25) is 0 Å². The van der Waals surface area contributed by atoms with Gasteiger partial charge in [-0.05, 0) is 60.1 Å². The molecule has 0 aromatic heterocycles. The van der Waals surface area contributed by atoms with E-state index in [0.717, 1.165) is 23.3 Å². The number of hydrogen-bond donors (Lipinski definition) is 2. The number of aliphatic hydroxyl groups is 2. The summed E-state index contributed by atoms with van der Waals surface area (Å²) in [6.07, 6.45) is 1.47. The summed E-state index contributed by atoms with van der Waals surface area (Å²) in [6.45, 7) is 5.08. The summed E-state index contributed by atoms with van der Waals surface area (Å²) in [5.41, 5.74) is 1.66. The molecule has 0 heterocycles. The van der Waals surface area contributed by atoms with Gasteiger partial charge < -0.3 is 19.7 Å². The SMILES string of the molecule is CC(CO)CCOc1ccc(-c2ccc(OCCC(C)CO)c(F)c2)cc1. The van der Waals surface area contributed by atoms with Crippen LogP contribution in [0.1, 0.15) is 26.7 Å². The van der Waals surface area contributed by atoms with Gasteiger partial charge in [-0.1, -0.05) is 32.0 Å². The Morgan fingerprint density at radius 1 is 0.815 bits per heavy atom. The second-order valence-corrected chi connectivity index (χ2v) is 7.02. The number of ether oxygens (including phenoxy) is 2. The zero-order chi connectivity index (χ0) is 19.6. The van der Waals surface area contributed by atoms with Gasteiger partial charge in [0.2, 0.25) is 0 Å². The standard InChI is InChI=1S/C22H29FO4/c1-16(14-24)9-11-26-20-6-3-18(4-7-20)19-5-8-22(21(23)13-19)27-12-10-17(2)15-25/h3-8,13,16-17,24-25H,9-12,14-15H2,1-2H3. The minimum atomic E-state index is -0.400. The van der Waals surface area contributed by atoms with Gasteiger partial charge in [0.25, 0.3) is 0 Å². The highest BCUT2D eigenvalue weighted by Crippen LogP contribution is 2.27. The Kier molecular flexibility index (Phi) is 8.55. The Bertz CT molecular complexity index is 687. The average Bonchev–Trinajstić information content (AvgIpc) is 2.69. The fourth-order valence-electron chi connectivity index (χ4n) is 2.47. The van der Waals surface area contributed by atoms with E-state index >= 15 is 0 Å². The van der Waals surface area contributed by atoms with Crippen LogP contribution in [0.5, 0.6) is 11.5 Å². The predicted octanol–water partition coefficient (Wildman–Crippen LogP) is 4.29. The third kappa shape index (κ3) is 6.85. The number of hydrogen-bond acceptors (Lipinski definition) is 4. The highest BCUT2D eigenvalue weighted by Gasteiger charge is 2.08. The number of aliphatic hydroxyl groups excluding tert-OH is 2. The van der Waals surface area contributed by atoms with E-state index in [1.165, 1.54) is 6.07 Å². The van der Waals surface area contributed by atoms with Gasteiger partial charge in [-0.3, -0.25) is 0 Å². The van der Waals surface area contributed by atoms with Gasteiger partial charge >= 0.3 is 0 Å². The largest absolute Gasteiger partial charge is 0.494 e. The summed E-state index contributed by atoms with van der Waals surface area (Å²) in [4.78, 5) is 0. The fourth-order valence-corrected chi connectivity index (χ4v) is 2.47. The monoisotopic (exact) mass is 376 g/mol. The molecule has 0 fully saturated rings. The molecule has 2 aromatic rings. The molecule has 2 N–H and O–H groups in total. The summed E-state index contributed by atoms with van der Waals surface area (Å²) in [5.74, 6) is 0.936. The molecule has 148 valence electrons. The maximum Gasteiger partial charge on any atom is 0.165 e. The number of rotatable bonds is 11. The molecule has 0 spiro atoms. The molecule has 0 saturated carbocycles. The first kappa shape index (κ1) is 21.2. The van der Waals surface area contributed by atoms with Crippen molar-refractivity contribution < 1.29 is 24.1 Å². The van der Waals surface area contributed by atoms with Crippen molar-refractivity contribution in [2.75, 3.05) is 26.4 Å². The Hall–Kier alpha value is -2.11. The fraction of sp³-hybridized carbons (Fsp3) is 0.455. The first-order valence-corrected chi connectivity index (χ1v) is 9.40. The third-order valence-corrected chi connectivity index (χ3v) is 4.49. The Morgan fingerprint density at radius 3 is 1.93 bits per heavy atom. The maximum atomic E-state index is 14.3. The molecular weight excluding hydrogens is 347 g/mol. The lowest BCUT2D eigenvalue weighted by atomic mass is 10.1. The molecule has 5 heteroatoms. The van der Waals surface area contributed by atoms with E-state index in [1.54, 1.807) is 6.07 Å². The van der Waals surface area contributed by atoms with Gasteiger partial charge in [-0.25, -0.2) is 4.39 Å². The lowest BCUT2D eigenvalue weighted by Gasteiger charge is -2.12. The van der Waals surface area contributed by atoms with Crippen molar-refractivity contribution in [3.05, 3.63) is 48.3 Å². The molecule has 0 aliphatic heterocycles. The quantitative estimate of drug-likeness (QED) is 0.614. The molecular formula is C22H29FO4. The van der Waals surface area contributed by atoms with E-state index in [0.29, 0.717) is 19.6 Å². The Morgan fingerprint density at radius 2 is 1.37 bits per heavy atom. The van der Waals surface area contributed by atoms with Gasteiger partial charge in [0.05, 0.1) is 13.2 Å². The van der Waals surface area contributed by atoms with Gasteiger partial charge in [0.15, 0.2) is 11.6 Å². The molecule has 0 aliphatic carbocycles. The normalized spacial score (nSPS) is 13.2. The van der Waals surface area contributed by atoms with Crippen molar-refractivity contribution in [2.45, 2.75) is 26.7 Å². The molecule has 0 bridgehead atoms. The van der Waals surface area contributed by atoms with Crippen LogP contribution in [-0.4, -0.2) is 36.6 Å². The van der Waals surface area contributed by atoms with Crippen molar-refractivity contribution in [1.29, 1.82) is 0 Å². The van der Waals surface area contributed by atoms with E-state index in [9.17, 15) is 4.39 Å². The highest BCUT2D eigenvalue weighted by atomic mass is 19.1. The summed E-state index contributed by atoms with van der Waals surface area (Å²) in [5, 5.41) is 18.0. The summed E-state index contributed by atoms with van der Waals surface area (Å²) >= 11 is 0. The van der Waals surface area contributed by atoms with Crippen molar-refractivity contribution in [3.8, 4) is 22.6 Å². The smallest absolute Gasteiger partial charge is 0.165 e. The molecule has 2 unspecified atom stereocenters. The second-order valence-electron chi connectivity index (χ2n) is 7.02. The van der Waals surface area contributed by atoms with E-state index in [4.69, 9.17) is 19.7 Å². The van der Waals surface area contributed by atoms with Gasteiger partial charge in [0.1, 0.15) is 5.75 Å². The topological polar surface area (TPSA) is 58.9 Å². The summed E-state index contributed by atoms with van der Waals surface area (Å²) < 4.78 is 25.4. The minimum absolute atomic E-state index is 0.102. The number of halogens is 1. The maximum absolute atomic E-state index is 14.3. The van der Waals surface area contributed by atoms with Crippen LogP contribution in [0.3, 0.4) is 0 Å². The molecule has 0 saturated heterocycles. The third-order valence-electron chi connectivity index (χ3n) is 4.49. The molecule has 2 rings (SSSR count).